The van der Waals surface area contributed by atoms with Gasteiger partial charge in [-0.25, -0.2) is 0 Å². The monoisotopic (exact) mass is 265 g/mol. The second-order valence-electron chi connectivity index (χ2n) is 4.97. The van der Waals surface area contributed by atoms with Crippen LogP contribution in [0, 0.1) is 0 Å². The van der Waals surface area contributed by atoms with Crippen LogP contribution in [0.4, 0.5) is 5.69 Å². The first-order valence-electron chi connectivity index (χ1n) is 7.00. The molecule has 3 N–H and O–H groups in total. The molecular weight excluding hydrogens is 242 g/mol. The molecule has 1 saturated heterocycles. The van der Waals surface area contributed by atoms with E-state index in [2.05, 4.69) is 22.2 Å². The minimum Gasteiger partial charge on any atom is -0.396 e. The van der Waals surface area contributed by atoms with Crippen molar-refractivity contribution in [3.63, 3.8) is 0 Å². The fourth-order valence-corrected chi connectivity index (χ4v) is 2.60. The van der Waals surface area contributed by atoms with E-state index in [1.54, 1.807) is 4.68 Å². The molecule has 0 aliphatic carbocycles. The van der Waals surface area contributed by atoms with Crippen LogP contribution in [0.2, 0.25) is 0 Å². The molecule has 106 valence electrons. The smallest absolute Gasteiger partial charge is 0.271 e. The Morgan fingerprint density at radius 2 is 2.32 bits per heavy atom. The number of hydrogen-bond donors (Lipinski definition) is 2. The molecule has 1 aliphatic heterocycles. The summed E-state index contributed by atoms with van der Waals surface area (Å²) in [5.74, 6) is -0.111. The molecule has 6 nitrogen and oxygen atoms in total. The highest BCUT2D eigenvalue weighted by atomic mass is 16.2. The lowest BCUT2D eigenvalue weighted by Gasteiger charge is -2.32. The molecule has 6 heteroatoms. The van der Waals surface area contributed by atoms with Gasteiger partial charge in [0.2, 0.25) is 0 Å². The molecule has 1 fully saturated rings. The van der Waals surface area contributed by atoms with Crippen LogP contribution in [0.1, 0.15) is 37.2 Å². The van der Waals surface area contributed by atoms with E-state index in [9.17, 15) is 4.79 Å². The highest BCUT2D eigenvalue weighted by molar-refractivity contribution is 5.97. The summed E-state index contributed by atoms with van der Waals surface area (Å²) in [5, 5.41) is 7.18. The SMILES string of the molecule is CCN1CCCC(NC(=O)c2c(N)cnn2CC)C1. The topological polar surface area (TPSA) is 76.2 Å². The molecule has 1 aliphatic rings. The summed E-state index contributed by atoms with van der Waals surface area (Å²) < 4.78 is 1.64. The molecular formula is C13H23N5O. The van der Waals surface area contributed by atoms with Gasteiger partial charge in [0, 0.05) is 19.1 Å². The molecule has 1 aromatic heterocycles. The lowest BCUT2D eigenvalue weighted by atomic mass is 10.1. The number of aromatic nitrogens is 2. The lowest BCUT2D eigenvalue weighted by molar-refractivity contribution is 0.0896. The summed E-state index contributed by atoms with van der Waals surface area (Å²) in [6.45, 7) is 7.81. The van der Waals surface area contributed by atoms with Crippen molar-refractivity contribution in [3.8, 4) is 0 Å². The second kappa shape index (κ2) is 6.06. The van der Waals surface area contributed by atoms with Gasteiger partial charge in [-0.15, -0.1) is 0 Å². The lowest BCUT2D eigenvalue weighted by Crippen LogP contribution is -2.48. The minimum absolute atomic E-state index is 0.111. The number of likely N-dealkylation sites (tertiary alicyclic amines) is 1. The number of likely N-dealkylation sites (N-methyl/N-ethyl adjacent to an activating group) is 1. The number of hydrogen-bond acceptors (Lipinski definition) is 4. The number of carbonyl (C=O) groups excluding carboxylic acids is 1. The summed E-state index contributed by atoms with van der Waals surface area (Å²) in [4.78, 5) is 14.7. The quantitative estimate of drug-likeness (QED) is 0.840. The van der Waals surface area contributed by atoms with E-state index >= 15 is 0 Å². The first kappa shape index (κ1) is 13.9. The van der Waals surface area contributed by atoms with E-state index in [4.69, 9.17) is 5.73 Å². The molecule has 0 bridgehead atoms. The van der Waals surface area contributed by atoms with Crippen molar-refractivity contribution < 1.29 is 4.79 Å². The Hall–Kier alpha value is -1.56. The van der Waals surface area contributed by atoms with Gasteiger partial charge in [0.05, 0.1) is 11.9 Å². The van der Waals surface area contributed by atoms with Gasteiger partial charge in [0.1, 0.15) is 5.69 Å². The maximum Gasteiger partial charge on any atom is 0.271 e. The second-order valence-corrected chi connectivity index (χ2v) is 4.97. The molecule has 0 saturated carbocycles. The number of nitrogens with one attached hydrogen (secondary N) is 1. The summed E-state index contributed by atoms with van der Waals surface area (Å²) in [6.07, 6.45) is 3.70. The van der Waals surface area contributed by atoms with Crippen LogP contribution in [0.15, 0.2) is 6.20 Å². The molecule has 0 radical (unpaired) electrons. The van der Waals surface area contributed by atoms with Gasteiger partial charge in [0.15, 0.2) is 0 Å². The van der Waals surface area contributed by atoms with Crippen molar-refractivity contribution in [2.45, 2.75) is 39.3 Å². The van der Waals surface area contributed by atoms with Gasteiger partial charge >= 0.3 is 0 Å². The van der Waals surface area contributed by atoms with Crippen molar-refractivity contribution in [3.05, 3.63) is 11.9 Å². The number of rotatable bonds is 4. The number of nitrogen functional groups attached to an aromatic ring is 1. The third-order valence-electron chi connectivity index (χ3n) is 3.67. The van der Waals surface area contributed by atoms with Gasteiger partial charge in [-0.3, -0.25) is 9.48 Å². The number of aryl methyl sites for hydroxylation is 1. The summed E-state index contributed by atoms with van der Waals surface area (Å²) in [5.41, 5.74) is 6.75. The van der Waals surface area contributed by atoms with Gasteiger partial charge in [-0.1, -0.05) is 6.92 Å². The third kappa shape index (κ3) is 3.07. The molecule has 1 atom stereocenters. The Morgan fingerprint density at radius 1 is 1.53 bits per heavy atom. The Morgan fingerprint density at radius 3 is 3.00 bits per heavy atom. The average molecular weight is 265 g/mol. The standard InChI is InChI=1S/C13H23N5O/c1-3-17-7-5-6-10(9-17)16-13(19)12-11(14)8-15-18(12)4-2/h8,10H,3-7,9,14H2,1-2H3,(H,16,19). The van der Waals surface area contributed by atoms with Crippen LogP contribution in [0.5, 0.6) is 0 Å². The largest absolute Gasteiger partial charge is 0.396 e. The summed E-state index contributed by atoms with van der Waals surface area (Å²) in [7, 11) is 0. The van der Waals surface area contributed by atoms with Crippen LogP contribution in [-0.4, -0.2) is 46.3 Å². The number of anilines is 1. The number of amides is 1. The molecule has 0 aromatic carbocycles. The third-order valence-corrected chi connectivity index (χ3v) is 3.67. The first-order valence-corrected chi connectivity index (χ1v) is 7.00. The van der Waals surface area contributed by atoms with Crippen LogP contribution >= 0.6 is 0 Å². The van der Waals surface area contributed by atoms with Crippen LogP contribution in [-0.2, 0) is 6.54 Å². The number of nitrogens with zero attached hydrogens (tertiary/aromatic N) is 3. The average Bonchev–Trinajstić information content (AvgIpc) is 2.80. The first-order chi connectivity index (χ1) is 9.15. The maximum atomic E-state index is 12.3. The summed E-state index contributed by atoms with van der Waals surface area (Å²) in [6, 6.07) is 0.209. The Kier molecular flexibility index (Phi) is 4.42. The van der Waals surface area contributed by atoms with Crippen molar-refractivity contribution in [1.29, 1.82) is 0 Å². The van der Waals surface area contributed by atoms with E-state index < -0.39 is 0 Å². The normalized spacial score (nSPS) is 20.4. The molecule has 1 amide bonds. The predicted molar refractivity (Wildman–Crippen MR) is 74.9 cm³/mol. The zero-order valence-electron chi connectivity index (χ0n) is 11.7. The number of nitrogens with two attached hydrogens (primary N) is 1. The van der Waals surface area contributed by atoms with Crippen LogP contribution < -0.4 is 11.1 Å². The van der Waals surface area contributed by atoms with E-state index in [0.717, 1.165) is 32.5 Å². The highest BCUT2D eigenvalue weighted by Crippen LogP contribution is 2.13. The molecule has 0 spiro atoms. The van der Waals surface area contributed by atoms with Crippen molar-refractivity contribution in [2.75, 3.05) is 25.4 Å². The van der Waals surface area contributed by atoms with Gasteiger partial charge in [-0.2, -0.15) is 5.10 Å². The number of carbonyl (C=O) groups is 1. The van der Waals surface area contributed by atoms with E-state index in [1.807, 2.05) is 6.92 Å². The van der Waals surface area contributed by atoms with E-state index in [0.29, 0.717) is 17.9 Å². The fourth-order valence-electron chi connectivity index (χ4n) is 2.60. The molecule has 2 rings (SSSR count). The minimum atomic E-state index is -0.111. The molecule has 1 aromatic rings. The molecule has 1 unspecified atom stereocenters. The van der Waals surface area contributed by atoms with E-state index in [-0.39, 0.29) is 11.9 Å². The number of piperidine rings is 1. The zero-order valence-corrected chi connectivity index (χ0v) is 11.7. The van der Waals surface area contributed by atoms with Gasteiger partial charge in [0.25, 0.3) is 5.91 Å². The fraction of sp³-hybridized carbons (Fsp3) is 0.692. The van der Waals surface area contributed by atoms with Crippen molar-refractivity contribution >= 4 is 11.6 Å². The Labute approximate surface area is 113 Å². The Bertz CT molecular complexity index is 442. The highest BCUT2D eigenvalue weighted by Gasteiger charge is 2.23. The van der Waals surface area contributed by atoms with Crippen molar-refractivity contribution in [2.24, 2.45) is 0 Å². The molecule has 2 heterocycles. The van der Waals surface area contributed by atoms with Crippen LogP contribution in [0.25, 0.3) is 0 Å². The van der Waals surface area contributed by atoms with Gasteiger partial charge < -0.3 is 16.0 Å². The van der Waals surface area contributed by atoms with Crippen LogP contribution in [0.3, 0.4) is 0 Å². The summed E-state index contributed by atoms with van der Waals surface area (Å²) >= 11 is 0. The van der Waals surface area contributed by atoms with Gasteiger partial charge in [-0.05, 0) is 32.9 Å². The Balaban J connectivity index is 2.02. The van der Waals surface area contributed by atoms with E-state index in [1.165, 1.54) is 6.20 Å². The predicted octanol–water partition coefficient (Wildman–Crippen LogP) is 0.699. The molecule has 19 heavy (non-hydrogen) atoms. The zero-order chi connectivity index (χ0) is 13.8. The maximum absolute atomic E-state index is 12.3. The van der Waals surface area contributed by atoms with Crippen molar-refractivity contribution in [1.82, 2.24) is 20.0 Å².